The van der Waals surface area contributed by atoms with E-state index in [2.05, 4.69) is 12.2 Å². The number of alkyl carbamates (subject to hydrolysis) is 1. The molecule has 0 aromatic rings. The molecule has 0 aromatic heterocycles. The minimum Gasteiger partial charge on any atom is -0.480 e. The number of hydrogen-bond donors (Lipinski definition) is 2. The molecule has 0 rings (SSSR count). The highest BCUT2D eigenvalue weighted by atomic mass is 32.2. The second-order valence-electron chi connectivity index (χ2n) is 5.16. The van der Waals surface area contributed by atoms with Crippen molar-refractivity contribution in [2.45, 2.75) is 45.8 Å². The highest BCUT2D eigenvalue weighted by molar-refractivity contribution is 8.00. The van der Waals surface area contributed by atoms with Crippen LogP contribution < -0.4 is 5.32 Å². The molecule has 1 amide bonds. The van der Waals surface area contributed by atoms with E-state index in [9.17, 15) is 9.59 Å². The number of amides is 1. The van der Waals surface area contributed by atoms with Gasteiger partial charge in [-0.1, -0.05) is 6.92 Å². The van der Waals surface area contributed by atoms with E-state index in [1.165, 1.54) is 11.8 Å². The van der Waals surface area contributed by atoms with Crippen LogP contribution in [0.2, 0.25) is 0 Å². The van der Waals surface area contributed by atoms with Crippen LogP contribution in [0, 0.1) is 0 Å². The lowest BCUT2D eigenvalue weighted by Crippen LogP contribution is -2.45. The third-order valence-corrected chi connectivity index (χ3v) is 4.19. The van der Waals surface area contributed by atoms with E-state index < -0.39 is 23.7 Å². The van der Waals surface area contributed by atoms with E-state index in [4.69, 9.17) is 9.84 Å². The fraction of sp³-hybridized carbons (Fsp3) is 0.846. The molecule has 0 radical (unpaired) electrons. The van der Waals surface area contributed by atoms with Crippen LogP contribution in [0.1, 0.15) is 34.1 Å². The van der Waals surface area contributed by atoms with Crippen molar-refractivity contribution >= 4 is 35.6 Å². The van der Waals surface area contributed by atoms with Crippen LogP contribution in [-0.2, 0) is 9.53 Å². The van der Waals surface area contributed by atoms with Crippen molar-refractivity contribution in [1.82, 2.24) is 5.32 Å². The average Bonchev–Trinajstić information content (AvgIpc) is 2.29. The number of carbonyl (C=O) groups excluding carboxylic acids is 1. The minimum atomic E-state index is -1.04. The highest BCUT2D eigenvalue weighted by Gasteiger charge is 2.23. The first-order valence-corrected chi connectivity index (χ1v) is 8.95. The number of ether oxygens (including phenoxy) is 1. The fourth-order valence-corrected chi connectivity index (χ4v) is 3.03. The van der Waals surface area contributed by atoms with Gasteiger partial charge in [-0.15, -0.1) is 0 Å². The Kier molecular flexibility index (Phi) is 9.92. The molecule has 20 heavy (non-hydrogen) atoms. The quantitative estimate of drug-likeness (QED) is 0.636. The van der Waals surface area contributed by atoms with Crippen molar-refractivity contribution in [2.75, 3.05) is 23.0 Å². The zero-order chi connectivity index (χ0) is 15.6. The predicted molar refractivity (Wildman–Crippen MR) is 85.7 cm³/mol. The molecule has 0 saturated carbocycles. The van der Waals surface area contributed by atoms with Gasteiger partial charge < -0.3 is 15.2 Å². The van der Waals surface area contributed by atoms with Crippen molar-refractivity contribution in [3.63, 3.8) is 0 Å². The smallest absolute Gasteiger partial charge is 0.408 e. The molecule has 1 unspecified atom stereocenters. The number of thioether (sulfide) groups is 2. The summed E-state index contributed by atoms with van der Waals surface area (Å²) in [5.74, 6) is 2.40. The molecular weight excluding hydrogens is 298 g/mol. The summed E-state index contributed by atoms with van der Waals surface area (Å²) in [7, 11) is 0. The molecule has 2 N–H and O–H groups in total. The van der Waals surface area contributed by atoms with Gasteiger partial charge in [0.05, 0.1) is 0 Å². The lowest BCUT2D eigenvalue weighted by atomic mass is 10.2. The Morgan fingerprint density at radius 3 is 2.35 bits per heavy atom. The maximum absolute atomic E-state index is 11.5. The Labute approximate surface area is 129 Å². The van der Waals surface area contributed by atoms with Gasteiger partial charge in [-0.3, -0.25) is 0 Å². The number of carboxylic acids is 1. The van der Waals surface area contributed by atoms with Crippen LogP contribution in [0.15, 0.2) is 0 Å². The molecule has 0 aromatic carbocycles. The molecule has 0 aliphatic rings. The van der Waals surface area contributed by atoms with Crippen LogP contribution in [0.3, 0.4) is 0 Å². The second-order valence-corrected chi connectivity index (χ2v) is 7.71. The monoisotopic (exact) mass is 323 g/mol. The summed E-state index contributed by atoms with van der Waals surface area (Å²) in [5.41, 5.74) is -0.627. The Hall–Kier alpha value is -0.560. The molecule has 118 valence electrons. The first kappa shape index (κ1) is 19.4. The summed E-state index contributed by atoms with van der Waals surface area (Å²) in [4.78, 5) is 22.6. The van der Waals surface area contributed by atoms with Gasteiger partial charge in [0.25, 0.3) is 0 Å². The minimum absolute atomic E-state index is 0.353. The van der Waals surface area contributed by atoms with Crippen molar-refractivity contribution in [3.05, 3.63) is 0 Å². The van der Waals surface area contributed by atoms with Gasteiger partial charge in [0.15, 0.2) is 0 Å². The van der Waals surface area contributed by atoms with Crippen molar-refractivity contribution in [2.24, 2.45) is 0 Å². The predicted octanol–water partition coefficient (Wildman–Crippen LogP) is 2.84. The van der Waals surface area contributed by atoms with E-state index >= 15 is 0 Å². The van der Waals surface area contributed by atoms with Crippen molar-refractivity contribution < 1.29 is 19.4 Å². The van der Waals surface area contributed by atoms with E-state index in [0.29, 0.717) is 5.75 Å². The number of rotatable bonds is 9. The Morgan fingerprint density at radius 1 is 1.25 bits per heavy atom. The summed E-state index contributed by atoms with van der Waals surface area (Å²) in [5, 5.41) is 11.5. The molecule has 5 nitrogen and oxygen atoms in total. The van der Waals surface area contributed by atoms with E-state index in [-0.39, 0.29) is 0 Å². The van der Waals surface area contributed by atoms with Gasteiger partial charge in [0.2, 0.25) is 0 Å². The molecule has 0 aliphatic heterocycles. The zero-order valence-corrected chi connectivity index (χ0v) is 14.2. The average molecular weight is 323 g/mol. The third kappa shape index (κ3) is 11.3. The lowest BCUT2D eigenvalue weighted by Gasteiger charge is -2.21. The van der Waals surface area contributed by atoms with Gasteiger partial charge in [0.1, 0.15) is 11.6 Å². The maximum atomic E-state index is 11.5. The van der Waals surface area contributed by atoms with Crippen molar-refractivity contribution in [1.29, 1.82) is 0 Å². The van der Waals surface area contributed by atoms with Gasteiger partial charge in [0, 0.05) is 5.75 Å². The molecule has 0 bridgehead atoms. The van der Waals surface area contributed by atoms with Gasteiger partial charge in [-0.05, 0) is 44.5 Å². The number of carbonyl (C=O) groups is 2. The molecule has 7 heteroatoms. The normalized spacial score (nSPS) is 12.8. The molecule has 0 heterocycles. The topological polar surface area (TPSA) is 75.6 Å². The SMILES string of the molecule is CCSCCCSCC(NC(=O)OC(C)(C)C)C(=O)O. The summed E-state index contributed by atoms with van der Waals surface area (Å²) < 4.78 is 5.05. The Morgan fingerprint density at radius 2 is 1.85 bits per heavy atom. The van der Waals surface area contributed by atoms with Gasteiger partial charge in [-0.25, -0.2) is 9.59 Å². The maximum Gasteiger partial charge on any atom is 0.408 e. The molecular formula is C13H25NO4S2. The van der Waals surface area contributed by atoms with Crippen LogP contribution in [0.25, 0.3) is 0 Å². The summed E-state index contributed by atoms with van der Waals surface area (Å²) >= 11 is 3.41. The largest absolute Gasteiger partial charge is 0.480 e. The first-order chi connectivity index (χ1) is 9.26. The molecule has 0 aliphatic carbocycles. The summed E-state index contributed by atoms with van der Waals surface area (Å²) in [6.07, 6.45) is 0.356. The molecule has 0 fully saturated rings. The van der Waals surface area contributed by atoms with Crippen LogP contribution >= 0.6 is 23.5 Å². The Bertz CT molecular complexity index is 305. The number of aliphatic carboxylic acids is 1. The Balaban J connectivity index is 3.99. The standard InChI is InChI=1S/C13H25NO4S2/c1-5-19-7-6-8-20-9-10(11(15)16)14-12(17)18-13(2,3)4/h10H,5-9H2,1-4H3,(H,14,17)(H,15,16). The number of nitrogens with one attached hydrogen (secondary N) is 1. The van der Waals surface area contributed by atoms with Crippen LogP contribution in [-0.4, -0.2) is 51.8 Å². The van der Waals surface area contributed by atoms with E-state index in [1.54, 1.807) is 20.8 Å². The van der Waals surface area contributed by atoms with Crippen molar-refractivity contribution in [3.8, 4) is 0 Å². The van der Waals surface area contributed by atoms with E-state index in [0.717, 1.165) is 23.7 Å². The van der Waals surface area contributed by atoms with Gasteiger partial charge >= 0.3 is 12.1 Å². The molecule has 0 spiro atoms. The third-order valence-electron chi connectivity index (χ3n) is 2.06. The second kappa shape index (κ2) is 10.2. The number of hydrogen-bond acceptors (Lipinski definition) is 5. The highest BCUT2D eigenvalue weighted by Crippen LogP contribution is 2.11. The lowest BCUT2D eigenvalue weighted by molar-refractivity contribution is -0.138. The summed E-state index contributed by atoms with van der Waals surface area (Å²) in [6.45, 7) is 7.33. The van der Waals surface area contributed by atoms with Gasteiger partial charge in [-0.2, -0.15) is 23.5 Å². The van der Waals surface area contributed by atoms with Crippen LogP contribution in [0.5, 0.6) is 0 Å². The van der Waals surface area contributed by atoms with Crippen LogP contribution in [0.4, 0.5) is 4.79 Å². The fourth-order valence-electron chi connectivity index (χ4n) is 1.23. The first-order valence-electron chi connectivity index (χ1n) is 6.64. The number of carboxylic acid groups (broad SMARTS) is 1. The molecule has 0 saturated heterocycles. The molecule has 1 atom stereocenters. The zero-order valence-electron chi connectivity index (χ0n) is 12.6. The van der Waals surface area contributed by atoms with E-state index in [1.807, 2.05) is 11.8 Å². The summed E-state index contributed by atoms with van der Waals surface area (Å²) in [6, 6.07) is -0.909.